The van der Waals surface area contributed by atoms with Crippen LogP contribution in [0, 0.1) is 0 Å². The number of phenolic OH excluding ortho intramolecular Hbond substituents is 1. The van der Waals surface area contributed by atoms with E-state index in [9.17, 15) is 5.11 Å². The first-order chi connectivity index (χ1) is 9.74. The predicted octanol–water partition coefficient (Wildman–Crippen LogP) is 2.49. The van der Waals surface area contributed by atoms with Crippen molar-refractivity contribution in [2.45, 2.75) is 6.04 Å². The Kier molecular flexibility index (Phi) is 3.18. The molecule has 0 saturated carbocycles. The summed E-state index contributed by atoms with van der Waals surface area (Å²) >= 11 is 0. The van der Waals surface area contributed by atoms with E-state index >= 15 is 0 Å². The standard InChI is InChI=1S/C15H13N3O2/c16-13(10-5-2-1-3-6-10)15-18-17-14(20-15)11-7-4-8-12(19)9-11/h1-9,13,19H,16H2. The van der Waals surface area contributed by atoms with E-state index in [-0.39, 0.29) is 5.75 Å². The van der Waals surface area contributed by atoms with E-state index in [4.69, 9.17) is 10.2 Å². The third-order valence-electron chi connectivity index (χ3n) is 2.96. The monoisotopic (exact) mass is 267 g/mol. The molecule has 3 N–H and O–H groups in total. The van der Waals surface area contributed by atoms with Gasteiger partial charge in [0.15, 0.2) is 0 Å². The molecule has 100 valence electrons. The summed E-state index contributed by atoms with van der Waals surface area (Å²) in [5, 5.41) is 17.4. The van der Waals surface area contributed by atoms with Gasteiger partial charge in [-0.1, -0.05) is 36.4 Å². The summed E-state index contributed by atoms with van der Waals surface area (Å²) in [5.74, 6) is 0.825. The fraction of sp³-hybridized carbons (Fsp3) is 0.0667. The summed E-state index contributed by atoms with van der Waals surface area (Å²) in [6.45, 7) is 0. The summed E-state index contributed by atoms with van der Waals surface area (Å²) in [6, 6.07) is 15.7. The van der Waals surface area contributed by atoms with Crippen LogP contribution in [0.2, 0.25) is 0 Å². The van der Waals surface area contributed by atoms with Gasteiger partial charge >= 0.3 is 0 Å². The van der Waals surface area contributed by atoms with Gasteiger partial charge in [-0.05, 0) is 23.8 Å². The Balaban J connectivity index is 1.91. The molecule has 3 rings (SSSR count). The lowest BCUT2D eigenvalue weighted by Gasteiger charge is -2.06. The van der Waals surface area contributed by atoms with Crippen molar-refractivity contribution in [3.05, 3.63) is 66.1 Å². The number of benzene rings is 2. The minimum atomic E-state index is -0.463. The summed E-state index contributed by atoms with van der Waals surface area (Å²) in [6.07, 6.45) is 0. The predicted molar refractivity (Wildman–Crippen MR) is 73.9 cm³/mol. The molecule has 1 heterocycles. The molecule has 0 aliphatic heterocycles. The molecule has 1 aromatic heterocycles. The topological polar surface area (TPSA) is 85.2 Å². The highest BCUT2D eigenvalue weighted by atomic mass is 16.4. The minimum absolute atomic E-state index is 0.148. The van der Waals surface area contributed by atoms with Crippen LogP contribution in [0.4, 0.5) is 0 Å². The highest BCUT2D eigenvalue weighted by molar-refractivity contribution is 5.55. The minimum Gasteiger partial charge on any atom is -0.508 e. The summed E-state index contributed by atoms with van der Waals surface area (Å²) < 4.78 is 5.58. The van der Waals surface area contributed by atoms with Crippen molar-refractivity contribution in [2.24, 2.45) is 5.73 Å². The van der Waals surface area contributed by atoms with Crippen LogP contribution in [0.15, 0.2) is 59.0 Å². The van der Waals surface area contributed by atoms with Crippen LogP contribution in [-0.4, -0.2) is 15.3 Å². The fourth-order valence-electron chi connectivity index (χ4n) is 1.92. The van der Waals surface area contributed by atoms with Gasteiger partial charge in [-0.3, -0.25) is 0 Å². The van der Waals surface area contributed by atoms with Crippen molar-refractivity contribution < 1.29 is 9.52 Å². The number of nitrogens with two attached hydrogens (primary N) is 1. The zero-order chi connectivity index (χ0) is 13.9. The van der Waals surface area contributed by atoms with Crippen LogP contribution in [0.1, 0.15) is 17.5 Å². The van der Waals surface area contributed by atoms with Crippen LogP contribution in [0.5, 0.6) is 5.75 Å². The van der Waals surface area contributed by atoms with Gasteiger partial charge in [0.25, 0.3) is 0 Å². The van der Waals surface area contributed by atoms with Crippen molar-refractivity contribution in [3.8, 4) is 17.2 Å². The van der Waals surface area contributed by atoms with Crippen molar-refractivity contribution in [1.29, 1.82) is 0 Å². The van der Waals surface area contributed by atoms with Gasteiger partial charge in [-0.2, -0.15) is 0 Å². The molecule has 0 spiro atoms. The highest BCUT2D eigenvalue weighted by Crippen LogP contribution is 2.25. The average molecular weight is 267 g/mol. The normalized spacial score (nSPS) is 12.2. The molecule has 0 aliphatic carbocycles. The third kappa shape index (κ3) is 2.39. The molecule has 1 unspecified atom stereocenters. The quantitative estimate of drug-likeness (QED) is 0.761. The van der Waals surface area contributed by atoms with Crippen LogP contribution in [0.25, 0.3) is 11.5 Å². The van der Waals surface area contributed by atoms with Gasteiger partial charge in [0.1, 0.15) is 11.8 Å². The highest BCUT2D eigenvalue weighted by Gasteiger charge is 2.17. The molecule has 0 aliphatic rings. The molecule has 0 amide bonds. The molecule has 5 heteroatoms. The van der Waals surface area contributed by atoms with Crippen LogP contribution in [-0.2, 0) is 0 Å². The second kappa shape index (κ2) is 5.14. The number of phenols is 1. The molecule has 5 nitrogen and oxygen atoms in total. The molecule has 0 radical (unpaired) electrons. The van der Waals surface area contributed by atoms with E-state index in [2.05, 4.69) is 10.2 Å². The van der Waals surface area contributed by atoms with E-state index in [0.717, 1.165) is 5.56 Å². The number of hydrogen-bond donors (Lipinski definition) is 2. The molecule has 3 aromatic rings. The lowest BCUT2D eigenvalue weighted by atomic mass is 10.1. The number of aromatic nitrogens is 2. The second-order valence-corrected chi connectivity index (χ2v) is 4.38. The lowest BCUT2D eigenvalue weighted by Crippen LogP contribution is -2.11. The maximum absolute atomic E-state index is 9.45. The Hall–Kier alpha value is -2.66. The van der Waals surface area contributed by atoms with Gasteiger partial charge in [-0.25, -0.2) is 0 Å². The Morgan fingerprint density at radius 2 is 1.80 bits per heavy atom. The molecular formula is C15H13N3O2. The summed E-state index contributed by atoms with van der Waals surface area (Å²) in [4.78, 5) is 0. The van der Waals surface area contributed by atoms with E-state index in [0.29, 0.717) is 17.3 Å². The lowest BCUT2D eigenvalue weighted by molar-refractivity contribution is 0.472. The maximum atomic E-state index is 9.45. The van der Waals surface area contributed by atoms with Crippen molar-refractivity contribution in [1.82, 2.24) is 10.2 Å². The van der Waals surface area contributed by atoms with Gasteiger partial charge in [0.05, 0.1) is 0 Å². The first-order valence-corrected chi connectivity index (χ1v) is 6.17. The first-order valence-electron chi connectivity index (χ1n) is 6.17. The Labute approximate surface area is 115 Å². The summed E-state index contributed by atoms with van der Waals surface area (Å²) in [5.41, 5.74) is 7.65. The smallest absolute Gasteiger partial charge is 0.247 e. The van der Waals surface area contributed by atoms with Gasteiger partial charge in [-0.15, -0.1) is 10.2 Å². The number of rotatable bonds is 3. The van der Waals surface area contributed by atoms with E-state index in [1.54, 1.807) is 24.3 Å². The SMILES string of the molecule is NC(c1ccccc1)c1nnc(-c2cccc(O)c2)o1. The van der Waals surface area contributed by atoms with Gasteiger partial charge in [0.2, 0.25) is 11.8 Å². The van der Waals surface area contributed by atoms with Crippen LogP contribution >= 0.6 is 0 Å². The number of aromatic hydroxyl groups is 1. The average Bonchev–Trinajstić information content (AvgIpc) is 2.97. The van der Waals surface area contributed by atoms with Crippen LogP contribution in [0.3, 0.4) is 0 Å². The van der Waals surface area contributed by atoms with Crippen LogP contribution < -0.4 is 5.73 Å². The molecule has 0 bridgehead atoms. The van der Waals surface area contributed by atoms with E-state index in [1.165, 1.54) is 0 Å². The second-order valence-electron chi connectivity index (χ2n) is 4.38. The van der Waals surface area contributed by atoms with Gasteiger partial charge in [0, 0.05) is 5.56 Å². The zero-order valence-electron chi connectivity index (χ0n) is 10.6. The molecule has 0 fully saturated rings. The van der Waals surface area contributed by atoms with E-state index < -0.39 is 6.04 Å². The Morgan fingerprint density at radius 1 is 1.00 bits per heavy atom. The Morgan fingerprint density at radius 3 is 2.55 bits per heavy atom. The molecule has 0 saturated heterocycles. The number of hydrogen-bond acceptors (Lipinski definition) is 5. The zero-order valence-corrected chi connectivity index (χ0v) is 10.6. The molecule has 2 aromatic carbocycles. The van der Waals surface area contributed by atoms with E-state index in [1.807, 2.05) is 30.3 Å². The molecular weight excluding hydrogens is 254 g/mol. The van der Waals surface area contributed by atoms with Crippen molar-refractivity contribution >= 4 is 0 Å². The molecule has 20 heavy (non-hydrogen) atoms. The summed E-state index contributed by atoms with van der Waals surface area (Å²) in [7, 11) is 0. The third-order valence-corrected chi connectivity index (χ3v) is 2.96. The largest absolute Gasteiger partial charge is 0.508 e. The van der Waals surface area contributed by atoms with Crippen molar-refractivity contribution in [2.75, 3.05) is 0 Å². The van der Waals surface area contributed by atoms with Crippen molar-refractivity contribution in [3.63, 3.8) is 0 Å². The number of nitrogens with zero attached hydrogens (tertiary/aromatic N) is 2. The first kappa shape index (κ1) is 12.4. The van der Waals surface area contributed by atoms with Gasteiger partial charge < -0.3 is 15.3 Å². The molecule has 1 atom stereocenters. The maximum Gasteiger partial charge on any atom is 0.247 e. The Bertz CT molecular complexity index is 710. The fourth-order valence-corrected chi connectivity index (χ4v) is 1.92.